The number of carbonyl (C=O) groups is 1. The Balaban J connectivity index is 2.05. The van der Waals surface area contributed by atoms with Crippen molar-refractivity contribution in [2.24, 2.45) is 0 Å². The molecule has 0 aromatic heterocycles. The van der Waals surface area contributed by atoms with Gasteiger partial charge in [0.2, 0.25) is 5.91 Å². The van der Waals surface area contributed by atoms with Crippen LogP contribution >= 0.6 is 0 Å². The zero-order valence-corrected chi connectivity index (χ0v) is 14.5. The van der Waals surface area contributed by atoms with Crippen molar-refractivity contribution in [1.29, 1.82) is 0 Å². The van der Waals surface area contributed by atoms with Crippen LogP contribution in [0.25, 0.3) is 0 Å². The second-order valence-corrected chi connectivity index (χ2v) is 8.51. The number of fused-ring (bicyclic) bond motifs is 1. The molecule has 0 aliphatic carbocycles. The van der Waals surface area contributed by atoms with Crippen molar-refractivity contribution in [3.8, 4) is 0 Å². The molecule has 0 saturated carbocycles. The Bertz CT molecular complexity index is 494. The van der Waals surface area contributed by atoms with Crippen LogP contribution in [0, 0.1) is 0 Å². The summed E-state index contributed by atoms with van der Waals surface area (Å²) >= 11 is 0. The molecule has 22 heavy (non-hydrogen) atoms. The molecule has 0 aromatic rings. The van der Waals surface area contributed by atoms with E-state index >= 15 is 0 Å². The van der Waals surface area contributed by atoms with Crippen LogP contribution in [-0.2, 0) is 19.4 Å². The molecule has 2 aliphatic heterocycles. The highest BCUT2D eigenvalue weighted by molar-refractivity contribution is 7.91. The maximum Gasteiger partial charge on any atom is 0.236 e. The van der Waals surface area contributed by atoms with Crippen LogP contribution in [0.2, 0.25) is 0 Å². The van der Waals surface area contributed by atoms with Crippen LogP contribution in [0.4, 0.5) is 0 Å². The summed E-state index contributed by atoms with van der Waals surface area (Å²) in [4.78, 5) is 17.8. The first-order chi connectivity index (χ1) is 10.3. The smallest absolute Gasteiger partial charge is 0.236 e. The predicted molar refractivity (Wildman–Crippen MR) is 84.6 cm³/mol. The molecule has 2 saturated heterocycles. The summed E-state index contributed by atoms with van der Waals surface area (Å²) in [6, 6.07) is -0.0595. The summed E-state index contributed by atoms with van der Waals surface area (Å²) in [5, 5.41) is 0. The maximum absolute atomic E-state index is 12.1. The number of ether oxygens (including phenoxy) is 1. The zero-order valence-electron chi connectivity index (χ0n) is 13.7. The standard InChI is InChI=1S/C14H27N3O4S/c1-15(2)14(18)9-17-7-6-16(5-4-8-21-3)12-10-22(19,20)11-13(12)17/h12-13H,4-11H2,1-3H3/t12-,13+/m0/s1. The lowest BCUT2D eigenvalue weighted by molar-refractivity contribution is -0.131. The van der Waals surface area contributed by atoms with Gasteiger partial charge in [-0.05, 0) is 6.42 Å². The summed E-state index contributed by atoms with van der Waals surface area (Å²) < 4.78 is 29.2. The highest BCUT2D eigenvalue weighted by Crippen LogP contribution is 2.27. The van der Waals surface area contributed by atoms with Gasteiger partial charge in [-0.2, -0.15) is 0 Å². The van der Waals surface area contributed by atoms with Gasteiger partial charge in [-0.25, -0.2) is 8.42 Å². The minimum Gasteiger partial charge on any atom is -0.385 e. The van der Waals surface area contributed by atoms with E-state index in [1.165, 1.54) is 0 Å². The molecular weight excluding hydrogens is 306 g/mol. The van der Waals surface area contributed by atoms with Crippen molar-refractivity contribution in [2.75, 3.05) is 65.5 Å². The van der Waals surface area contributed by atoms with Crippen LogP contribution in [0.3, 0.4) is 0 Å². The average molecular weight is 333 g/mol. The number of carbonyl (C=O) groups excluding carboxylic acids is 1. The van der Waals surface area contributed by atoms with Crippen LogP contribution in [0.15, 0.2) is 0 Å². The average Bonchev–Trinajstić information content (AvgIpc) is 2.76. The van der Waals surface area contributed by atoms with Crippen molar-refractivity contribution < 1.29 is 17.9 Å². The topological polar surface area (TPSA) is 70.2 Å². The lowest BCUT2D eigenvalue weighted by atomic mass is 10.0. The summed E-state index contributed by atoms with van der Waals surface area (Å²) in [5.74, 6) is 0.395. The van der Waals surface area contributed by atoms with Crippen molar-refractivity contribution in [2.45, 2.75) is 18.5 Å². The molecule has 2 aliphatic rings. The molecule has 1 amide bonds. The van der Waals surface area contributed by atoms with E-state index in [9.17, 15) is 13.2 Å². The van der Waals surface area contributed by atoms with Gasteiger partial charge in [0.05, 0.1) is 18.1 Å². The molecule has 128 valence electrons. The summed E-state index contributed by atoms with van der Waals surface area (Å²) in [7, 11) is 2.11. The predicted octanol–water partition coefficient (Wildman–Crippen LogP) is -1.11. The number of likely N-dealkylation sites (N-methyl/N-ethyl adjacent to an activating group) is 1. The summed E-state index contributed by atoms with van der Waals surface area (Å²) in [6.45, 7) is 3.38. The van der Waals surface area contributed by atoms with Crippen LogP contribution < -0.4 is 0 Å². The van der Waals surface area contributed by atoms with Crippen molar-refractivity contribution in [3.05, 3.63) is 0 Å². The van der Waals surface area contributed by atoms with Gasteiger partial charge in [-0.1, -0.05) is 0 Å². The first-order valence-electron chi connectivity index (χ1n) is 7.71. The van der Waals surface area contributed by atoms with E-state index in [-0.39, 0.29) is 29.5 Å². The minimum absolute atomic E-state index is 0.00516. The third-order valence-electron chi connectivity index (χ3n) is 4.54. The van der Waals surface area contributed by atoms with Gasteiger partial charge >= 0.3 is 0 Å². The van der Waals surface area contributed by atoms with E-state index < -0.39 is 9.84 Å². The number of hydrogen-bond donors (Lipinski definition) is 0. The fraction of sp³-hybridized carbons (Fsp3) is 0.929. The van der Waals surface area contributed by atoms with Gasteiger partial charge < -0.3 is 9.64 Å². The van der Waals surface area contributed by atoms with Gasteiger partial charge in [0, 0.05) is 59.5 Å². The van der Waals surface area contributed by atoms with E-state index in [4.69, 9.17) is 4.74 Å². The normalized spacial score (nSPS) is 28.5. The lowest BCUT2D eigenvalue weighted by Crippen LogP contribution is -2.60. The first-order valence-corrected chi connectivity index (χ1v) is 9.54. The van der Waals surface area contributed by atoms with Gasteiger partial charge in [0.25, 0.3) is 0 Å². The van der Waals surface area contributed by atoms with Crippen LogP contribution in [0.1, 0.15) is 6.42 Å². The van der Waals surface area contributed by atoms with Gasteiger partial charge in [-0.15, -0.1) is 0 Å². The minimum atomic E-state index is -3.02. The van der Waals surface area contributed by atoms with Gasteiger partial charge in [0.1, 0.15) is 0 Å². The first kappa shape index (κ1) is 17.7. The summed E-state index contributed by atoms with van der Waals surface area (Å²) in [6.07, 6.45) is 0.899. The Morgan fingerprint density at radius 3 is 2.36 bits per heavy atom. The maximum atomic E-state index is 12.1. The van der Waals surface area contributed by atoms with E-state index in [1.807, 2.05) is 4.90 Å². The van der Waals surface area contributed by atoms with Crippen LogP contribution in [-0.4, -0.2) is 107 Å². The van der Waals surface area contributed by atoms with E-state index in [0.29, 0.717) is 13.2 Å². The number of rotatable bonds is 6. The molecule has 0 aromatic carbocycles. The lowest BCUT2D eigenvalue weighted by Gasteiger charge is -2.43. The second-order valence-electron chi connectivity index (χ2n) is 6.35. The molecule has 0 radical (unpaired) electrons. The van der Waals surface area contributed by atoms with Crippen molar-refractivity contribution in [3.63, 3.8) is 0 Å². The Morgan fingerprint density at radius 1 is 1.18 bits per heavy atom. The third-order valence-corrected chi connectivity index (χ3v) is 6.24. The van der Waals surface area contributed by atoms with Gasteiger partial charge in [0.15, 0.2) is 9.84 Å². The SMILES string of the molecule is COCCCN1CCN(CC(=O)N(C)C)[C@@H]2CS(=O)(=O)C[C@@H]21. The highest BCUT2D eigenvalue weighted by atomic mass is 32.2. The van der Waals surface area contributed by atoms with E-state index in [2.05, 4.69) is 4.90 Å². The number of piperazine rings is 1. The Morgan fingerprint density at radius 2 is 1.77 bits per heavy atom. The largest absolute Gasteiger partial charge is 0.385 e. The molecule has 2 heterocycles. The number of hydrogen-bond acceptors (Lipinski definition) is 6. The fourth-order valence-corrected chi connectivity index (χ4v) is 5.34. The molecule has 2 rings (SSSR count). The quantitative estimate of drug-likeness (QED) is 0.575. The third kappa shape index (κ3) is 4.18. The second kappa shape index (κ2) is 7.25. The molecule has 0 bridgehead atoms. The fourth-order valence-electron chi connectivity index (χ4n) is 3.30. The number of nitrogens with zero attached hydrogens (tertiary/aromatic N) is 3. The Labute approximate surface area is 133 Å². The summed E-state index contributed by atoms with van der Waals surface area (Å²) in [5.41, 5.74) is 0. The molecule has 0 spiro atoms. The van der Waals surface area contributed by atoms with Crippen molar-refractivity contribution >= 4 is 15.7 Å². The number of amides is 1. The molecule has 0 unspecified atom stereocenters. The van der Waals surface area contributed by atoms with Gasteiger partial charge in [-0.3, -0.25) is 14.6 Å². The zero-order chi connectivity index (χ0) is 16.3. The van der Waals surface area contributed by atoms with Crippen molar-refractivity contribution in [1.82, 2.24) is 14.7 Å². The molecule has 2 fully saturated rings. The molecule has 2 atom stereocenters. The van der Waals surface area contributed by atoms with Crippen LogP contribution in [0.5, 0.6) is 0 Å². The van der Waals surface area contributed by atoms with E-state index in [1.54, 1.807) is 26.1 Å². The number of methoxy groups -OCH3 is 1. The molecule has 7 nitrogen and oxygen atoms in total. The Hall–Kier alpha value is -0.700. The monoisotopic (exact) mass is 333 g/mol. The van der Waals surface area contributed by atoms with E-state index in [0.717, 1.165) is 26.1 Å². The number of sulfone groups is 1. The highest BCUT2D eigenvalue weighted by Gasteiger charge is 2.46. The molecule has 8 heteroatoms. The molecular formula is C14H27N3O4S. The Kier molecular flexibility index (Phi) is 5.81. The molecule has 0 N–H and O–H groups in total.